The van der Waals surface area contributed by atoms with Crippen LogP contribution in [-0.4, -0.2) is 42.7 Å². The molecule has 0 radical (unpaired) electrons. The van der Waals surface area contributed by atoms with Gasteiger partial charge in [-0.05, 0) is 13.8 Å². The summed E-state index contributed by atoms with van der Waals surface area (Å²) in [6.45, 7) is 7.23. The van der Waals surface area contributed by atoms with Gasteiger partial charge in [0, 0.05) is 25.9 Å². The van der Waals surface area contributed by atoms with E-state index in [4.69, 9.17) is 0 Å². The third-order valence-electron chi connectivity index (χ3n) is 4.28. The molecular weight excluding hydrogens is 148 g/mol. The lowest BCUT2D eigenvalue weighted by atomic mass is 10.1. The van der Waals surface area contributed by atoms with Gasteiger partial charge in [0.1, 0.15) is 12.1 Å². The molecule has 0 spiro atoms. The molecule has 0 aromatic carbocycles. The Labute approximate surface area is 75.5 Å². The molecule has 0 amide bonds. The van der Waals surface area contributed by atoms with Crippen molar-refractivity contribution < 1.29 is 4.48 Å². The lowest BCUT2D eigenvalue weighted by Crippen LogP contribution is -2.66. The summed E-state index contributed by atoms with van der Waals surface area (Å²) >= 11 is 0. The summed E-state index contributed by atoms with van der Waals surface area (Å²) in [5.74, 6) is 0. The van der Waals surface area contributed by atoms with E-state index in [0.717, 1.165) is 18.1 Å². The van der Waals surface area contributed by atoms with Crippen LogP contribution in [0.4, 0.5) is 0 Å². The van der Waals surface area contributed by atoms with Crippen molar-refractivity contribution in [3.05, 3.63) is 0 Å². The van der Waals surface area contributed by atoms with Crippen molar-refractivity contribution in [1.29, 1.82) is 0 Å². The summed E-state index contributed by atoms with van der Waals surface area (Å²) in [4.78, 5) is 0. The summed E-state index contributed by atoms with van der Waals surface area (Å²) in [7, 11) is 2.45. The van der Waals surface area contributed by atoms with Crippen molar-refractivity contribution in [2.75, 3.05) is 20.1 Å². The van der Waals surface area contributed by atoms with Crippen LogP contribution in [-0.2, 0) is 0 Å². The lowest BCUT2D eigenvalue weighted by molar-refractivity contribution is -0.964. The number of quaternary nitrogens is 1. The first-order valence-electron chi connectivity index (χ1n) is 5.22. The van der Waals surface area contributed by atoms with Gasteiger partial charge in [-0.1, -0.05) is 0 Å². The van der Waals surface area contributed by atoms with Gasteiger partial charge in [0.25, 0.3) is 0 Å². The molecule has 12 heavy (non-hydrogen) atoms. The molecule has 2 unspecified atom stereocenters. The fourth-order valence-corrected chi connectivity index (χ4v) is 3.10. The van der Waals surface area contributed by atoms with E-state index in [9.17, 15) is 0 Å². The SMILES string of the molecule is CC(C)[N+]1(C)C2CCC1CNC2. The van der Waals surface area contributed by atoms with Crippen LogP contribution in [0.3, 0.4) is 0 Å². The first-order valence-corrected chi connectivity index (χ1v) is 5.22. The highest BCUT2D eigenvalue weighted by Gasteiger charge is 2.49. The van der Waals surface area contributed by atoms with E-state index in [2.05, 4.69) is 26.2 Å². The first kappa shape index (κ1) is 8.52. The van der Waals surface area contributed by atoms with Crippen molar-refractivity contribution in [3.63, 3.8) is 0 Å². The van der Waals surface area contributed by atoms with Crippen LogP contribution in [0.15, 0.2) is 0 Å². The summed E-state index contributed by atoms with van der Waals surface area (Å²) < 4.78 is 1.33. The quantitative estimate of drug-likeness (QED) is 0.577. The molecule has 2 heterocycles. The van der Waals surface area contributed by atoms with Crippen molar-refractivity contribution in [2.45, 2.75) is 44.8 Å². The fourth-order valence-electron chi connectivity index (χ4n) is 3.10. The molecule has 2 heteroatoms. The summed E-state index contributed by atoms with van der Waals surface area (Å²) in [5.41, 5.74) is 0. The number of nitrogens with zero attached hydrogens (tertiary/aromatic N) is 1. The molecule has 0 aromatic heterocycles. The van der Waals surface area contributed by atoms with Gasteiger partial charge < -0.3 is 9.80 Å². The maximum absolute atomic E-state index is 3.54. The molecule has 2 aliphatic heterocycles. The van der Waals surface area contributed by atoms with E-state index in [0.29, 0.717) is 0 Å². The van der Waals surface area contributed by atoms with Gasteiger partial charge in [-0.2, -0.15) is 0 Å². The molecule has 2 nitrogen and oxygen atoms in total. The Morgan fingerprint density at radius 3 is 2.00 bits per heavy atom. The van der Waals surface area contributed by atoms with Crippen LogP contribution in [0.25, 0.3) is 0 Å². The molecule has 0 aromatic rings. The van der Waals surface area contributed by atoms with E-state index in [1.807, 2.05) is 0 Å². The van der Waals surface area contributed by atoms with E-state index in [1.165, 1.54) is 30.4 Å². The Morgan fingerprint density at radius 1 is 1.17 bits per heavy atom. The second-order valence-electron chi connectivity index (χ2n) is 4.86. The maximum Gasteiger partial charge on any atom is 0.102 e. The van der Waals surface area contributed by atoms with Crippen molar-refractivity contribution in [2.24, 2.45) is 0 Å². The molecule has 2 bridgehead atoms. The zero-order valence-electron chi connectivity index (χ0n) is 8.51. The minimum Gasteiger partial charge on any atom is -0.317 e. The van der Waals surface area contributed by atoms with Crippen molar-refractivity contribution >= 4 is 0 Å². The number of hydrogen-bond acceptors (Lipinski definition) is 1. The topological polar surface area (TPSA) is 12.0 Å². The maximum atomic E-state index is 3.54. The number of piperazine rings is 1. The van der Waals surface area contributed by atoms with Crippen LogP contribution in [0.1, 0.15) is 26.7 Å². The molecule has 2 aliphatic rings. The van der Waals surface area contributed by atoms with E-state index in [-0.39, 0.29) is 0 Å². The third-order valence-corrected chi connectivity index (χ3v) is 4.28. The van der Waals surface area contributed by atoms with Gasteiger partial charge in [-0.3, -0.25) is 0 Å². The molecule has 2 fully saturated rings. The first-order chi connectivity index (χ1) is 5.65. The fraction of sp³-hybridized carbons (Fsp3) is 1.00. The van der Waals surface area contributed by atoms with Gasteiger partial charge in [0.15, 0.2) is 0 Å². The number of nitrogens with one attached hydrogen (secondary N) is 1. The van der Waals surface area contributed by atoms with Crippen LogP contribution >= 0.6 is 0 Å². The second kappa shape index (κ2) is 2.71. The number of likely N-dealkylation sites (N-methyl/N-ethyl adjacent to an activating group) is 1. The minimum absolute atomic E-state index is 0.796. The highest BCUT2D eigenvalue weighted by Crippen LogP contribution is 2.35. The van der Waals surface area contributed by atoms with Crippen LogP contribution in [0, 0.1) is 0 Å². The van der Waals surface area contributed by atoms with E-state index in [1.54, 1.807) is 0 Å². The Bertz CT molecular complexity index is 161. The highest BCUT2D eigenvalue weighted by molar-refractivity contribution is 4.84. The zero-order valence-corrected chi connectivity index (χ0v) is 8.51. The largest absolute Gasteiger partial charge is 0.317 e. The summed E-state index contributed by atoms with van der Waals surface area (Å²) in [5, 5.41) is 3.54. The highest BCUT2D eigenvalue weighted by atomic mass is 15.4. The Kier molecular flexibility index (Phi) is 1.92. The molecular formula is C10H21N2+. The predicted octanol–water partition coefficient (Wildman–Crippen LogP) is 0.976. The van der Waals surface area contributed by atoms with Crippen LogP contribution in [0.5, 0.6) is 0 Å². The van der Waals surface area contributed by atoms with Gasteiger partial charge in [-0.15, -0.1) is 0 Å². The van der Waals surface area contributed by atoms with Gasteiger partial charge >= 0.3 is 0 Å². The molecule has 0 saturated carbocycles. The smallest absolute Gasteiger partial charge is 0.102 e. The van der Waals surface area contributed by atoms with Crippen LogP contribution < -0.4 is 5.32 Å². The molecule has 0 aliphatic carbocycles. The number of fused-ring (bicyclic) bond motifs is 2. The zero-order chi connectivity index (χ0) is 8.77. The molecule has 2 atom stereocenters. The van der Waals surface area contributed by atoms with E-state index < -0.39 is 0 Å². The second-order valence-corrected chi connectivity index (χ2v) is 4.86. The van der Waals surface area contributed by atoms with E-state index >= 15 is 0 Å². The van der Waals surface area contributed by atoms with Gasteiger partial charge in [-0.25, -0.2) is 0 Å². The monoisotopic (exact) mass is 169 g/mol. The summed E-state index contributed by atoms with van der Waals surface area (Å²) in [6.07, 6.45) is 2.87. The van der Waals surface area contributed by atoms with Gasteiger partial charge in [0.05, 0.1) is 13.1 Å². The Hall–Kier alpha value is -0.0800. The van der Waals surface area contributed by atoms with Crippen molar-refractivity contribution in [1.82, 2.24) is 5.32 Å². The average molecular weight is 169 g/mol. The third kappa shape index (κ3) is 0.944. The standard InChI is InChI=1S/C10H21N2/c1-8(2)12(3)9-4-5-10(12)7-11-6-9/h8-11H,4-7H2,1-3H3/q+1. The predicted molar refractivity (Wildman–Crippen MR) is 51.0 cm³/mol. The number of hydrogen-bond donors (Lipinski definition) is 1. The normalized spacial score (nSPS) is 47.0. The minimum atomic E-state index is 0.796. The van der Waals surface area contributed by atoms with Gasteiger partial charge in [0.2, 0.25) is 0 Å². The lowest BCUT2D eigenvalue weighted by Gasteiger charge is -2.48. The molecule has 2 rings (SSSR count). The Balaban J connectivity index is 2.24. The molecule has 70 valence electrons. The molecule has 2 saturated heterocycles. The van der Waals surface area contributed by atoms with Crippen LogP contribution in [0.2, 0.25) is 0 Å². The molecule has 1 N–H and O–H groups in total. The van der Waals surface area contributed by atoms with Crippen molar-refractivity contribution in [3.8, 4) is 0 Å². The Morgan fingerprint density at radius 2 is 1.67 bits per heavy atom. The summed E-state index contributed by atoms with van der Waals surface area (Å²) in [6, 6.07) is 2.58. The average Bonchev–Trinajstić information content (AvgIpc) is 2.24. The number of rotatable bonds is 1.